The van der Waals surface area contributed by atoms with Crippen molar-refractivity contribution in [2.45, 2.75) is 24.9 Å². The zero-order valence-corrected chi connectivity index (χ0v) is 8.05. The molecule has 0 aromatic rings. The largest absolute Gasteiger partial charge is 0.481 e. The van der Waals surface area contributed by atoms with Crippen LogP contribution in [0, 0.1) is 0 Å². The van der Waals surface area contributed by atoms with E-state index in [0.29, 0.717) is 0 Å². The Bertz CT molecular complexity index is 267. The maximum Gasteiger partial charge on any atom is 0.329 e. The lowest BCUT2D eigenvalue weighted by molar-refractivity contribution is -0.139. The van der Waals surface area contributed by atoms with Gasteiger partial charge < -0.3 is 20.0 Å². The lowest BCUT2D eigenvalue weighted by Gasteiger charge is -2.14. The van der Waals surface area contributed by atoms with Crippen LogP contribution in [0.5, 0.6) is 0 Å². The molecule has 0 spiro atoms. The van der Waals surface area contributed by atoms with Crippen LogP contribution < -0.4 is 0 Å². The average molecular weight is 226 g/mol. The lowest BCUT2D eigenvalue weighted by Crippen LogP contribution is -2.15. The monoisotopic (exact) mass is 226 g/mol. The summed E-state index contributed by atoms with van der Waals surface area (Å²) in [7, 11) is -4.53. The third-order valence-electron chi connectivity index (χ3n) is 1.58. The molecule has 82 valence electrons. The van der Waals surface area contributed by atoms with Gasteiger partial charge in [0.1, 0.15) is 0 Å². The van der Waals surface area contributed by atoms with E-state index in [2.05, 4.69) is 0 Å². The van der Waals surface area contributed by atoms with Gasteiger partial charge >= 0.3 is 19.5 Å². The summed E-state index contributed by atoms with van der Waals surface area (Å²) < 4.78 is 10.7. The van der Waals surface area contributed by atoms with Gasteiger partial charge in [0, 0.05) is 6.42 Å². The molecule has 0 fully saturated rings. The van der Waals surface area contributed by atoms with E-state index in [4.69, 9.17) is 20.0 Å². The van der Waals surface area contributed by atoms with Gasteiger partial charge in [0.05, 0.1) is 12.1 Å². The number of hydrogen-bond acceptors (Lipinski definition) is 3. The van der Waals surface area contributed by atoms with Crippen molar-refractivity contribution in [1.29, 1.82) is 0 Å². The molecular weight excluding hydrogens is 215 g/mol. The number of hydrogen-bond donors (Lipinski definition) is 4. The predicted molar refractivity (Wildman–Crippen MR) is 45.0 cm³/mol. The first-order chi connectivity index (χ1) is 6.23. The highest BCUT2D eigenvalue weighted by Gasteiger charge is 2.31. The maximum atomic E-state index is 10.7. The maximum absolute atomic E-state index is 10.7. The summed E-state index contributed by atoms with van der Waals surface area (Å²) in [5, 5.41) is 16.6. The summed E-state index contributed by atoms with van der Waals surface area (Å²) in [6, 6.07) is 0. The van der Waals surface area contributed by atoms with Crippen molar-refractivity contribution in [3.8, 4) is 0 Å². The molecule has 0 aliphatic rings. The molecule has 8 heteroatoms. The number of aliphatic carboxylic acids is 2. The van der Waals surface area contributed by atoms with Crippen molar-refractivity contribution >= 4 is 19.5 Å². The summed E-state index contributed by atoms with van der Waals surface area (Å²) in [6.45, 7) is 0. The molecule has 0 aromatic heterocycles. The van der Waals surface area contributed by atoms with Gasteiger partial charge in [0.2, 0.25) is 0 Å². The molecule has 0 radical (unpaired) electrons. The molecule has 0 amide bonds. The molecule has 1 atom stereocenters. The standard InChI is InChI=1S/C6H11O7P/c7-5(8)2-1-4(3-6(9)10)14(11,12)13/h4H,1-3H2,(H,7,8)(H,9,10)(H2,11,12,13). The van der Waals surface area contributed by atoms with Gasteiger partial charge in [0.25, 0.3) is 0 Å². The van der Waals surface area contributed by atoms with E-state index in [1.165, 1.54) is 0 Å². The average Bonchev–Trinajstić information content (AvgIpc) is 1.94. The molecule has 7 nitrogen and oxygen atoms in total. The normalized spacial score (nSPS) is 13.6. The number of rotatable bonds is 6. The molecular formula is C6H11O7P. The summed E-state index contributed by atoms with van der Waals surface area (Å²) in [4.78, 5) is 37.7. The number of carboxylic acids is 2. The van der Waals surface area contributed by atoms with Crippen molar-refractivity contribution in [2.24, 2.45) is 0 Å². The molecule has 1 unspecified atom stereocenters. The second-order valence-corrected chi connectivity index (χ2v) is 4.68. The van der Waals surface area contributed by atoms with Crippen molar-refractivity contribution in [3.05, 3.63) is 0 Å². The highest BCUT2D eigenvalue weighted by atomic mass is 31.2. The van der Waals surface area contributed by atoms with Crippen LogP contribution in [-0.4, -0.2) is 37.6 Å². The predicted octanol–water partition coefficient (Wildman–Crippen LogP) is -0.128. The second-order valence-electron chi connectivity index (χ2n) is 2.77. The smallest absolute Gasteiger partial charge is 0.329 e. The Balaban J connectivity index is 4.34. The van der Waals surface area contributed by atoms with Crippen molar-refractivity contribution in [2.75, 3.05) is 0 Å². The molecule has 0 aromatic carbocycles. The van der Waals surface area contributed by atoms with Crippen LogP contribution in [0.15, 0.2) is 0 Å². The minimum atomic E-state index is -4.53. The summed E-state index contributed by atoms with van der Waals surface area (Å²) in [5.74, 6) is -2.57. The van der Waals surface area contributed by atoms with Crippen LogP contribution in [0.2, 0.25) is 0 Å². The van der Waals surface area contributed by atoms with E-state index < -0.39 is 38.0 Å². The van der Waals surface area contributed by atoms with Gasteiger partial charge in [-0.05, 0) is 6.42 Å². The fourth-order valence-corrected chi connectivity index (χ4v) is 1.74. The first-order valence-corrected chi connectivity index (χ1v) is 5.40. The van der Waals surface area contributed by atoms with E-state index >= 15 is 0 Å². The van der Waals surface area contributed by atoms with Crippen molar-refractivity contribution < 1.29 is 34.2 Å². The van der Waals surface area contributed by atoms with Gasteiger partial charge in [-0.2, -0.15) is 0 Å². The third kappa shape index (κ3) is 5.69. The van der Waals surface area contributed by atoms with Gasteiger partial charge in [-0.1, -0.05) is 0 Å². The number of carbonyl (C=O) groups is 2. The Kier molecular flexibility index (Phi) is 4.76. The minimum Gasteiger partial charge on any atom is -0.481 e. The first-order valence-electron chi connectivity index (χ1n) is 3.72. The molecule has 14 heavy (non-hydrogen) atoms. The SMILES string of the molecule is O=C(O)CCC(CC(=O)O)P(=O)(O)O. The van der Waals surface area contributed by atoms with E-state index in [1.54, 1.807) is 0 Å². The fraction of sp³-hybridized carbons (Fsp3) is 0.667. The van der Waals surface area contributed by atoms with Gasteiger partial charge in [-0.3, -0.25) is 14.2 Å². The van der Waals surface area contributed by atoms with Crippen molar-refractivity contribution in [1.82, 2.24) is 0 Å². The fourth-order valence-electron chi connectivity index (χ4n) is 0.881. The van der Waals surface area contributed by atoms with Gasteiger partial charge in [-0.25, -0.2) is 0 Å². The third-order valence-corrected chi connectivity index (χ3v) is 2.97. The van der Waals surface area contributed by atoms with Crippen LogP contribution in [0.3, 0.4) is 0 Å². The molecule has 0 aliphatic heterocycles. The Hall–Kier alpha value is -0.910. The molecule has 0 saturated carbocycles. The first kappa shape index (κ1) is 13.1. The van der Waals surface area contributed by atoms with Crippen LogP contribution in [0.4, 0.5) is 0 Å². The van der Waals surface area contributed by atoms with Crippen LogP contribution in [-0.2, 0) is 14.2 Å². The van der Waals surface area contributed by atoms with Crippen LogP contribution >= 0.6 is 7.60 Å². The Labute approximate surface area is 79.5 Å². The summed E-state index contributed by atoms with van der Waals surface area (Å²) in [6.07, 6.45) is -1.52. The molecule has 0 saturated heterocycles. The van der Waals surface area contributed by atoms with Gasteiger partial charge in [0.15, 0.2) is 0 Å². The lowest BCUT2D eigenvalue weighted by atomic mass is 10.2. The van der Waals surface area contributed by atoms with E-state index in [-0.39, 0.29) is 6.42 Å². The van der Waals surface area contributed by atoms with Crippen LogP contribution in [0.25, 0.3) is 0 Å². The van der Waals surface area contributed by atoms with Crippen LogP contribution in [0.1, 0.15) is 19.3 Å². The highest BCUT2D eigenvalue weighted by Crippen LogP contribution is 2.45. The molecule has 4 N–H and O–H groups in total. The number of carboxylic acid groups (broad SMARTS) is 2. The Morgan fingerprint density at radius 1 is 1.14 bits per heavy atom. The van der Waals surface area contributed by atoms with E-state index in [0.717, 1.165) is 0 Å². The highest BCUT2D eigenvalue weighted by molar-refractivity contribution is 7.52. The Morgan fingerprint density at radius 3 is 1.93 bits per heavy atom. The minimum absolute atomic E-state index is 0.341. The molecule has 0 heterocycles. The topological polar surface area (TPSA) is 132 Å². The van der Waals surface area contributed by atoms with E-state index in [9.17, 15) is 14.2 Å². The zero-order valence-electron chi connectivity index (χ0n) is 7.16. The molecule has 0 rings (SSSR count). The van der Waals surface area contributed by atoms with Crippen molar-refractivity contribution in [3.63, 3.8) is 0 Å². The molecule has 0 bridgehead atoms. The quantitative estimate of drug-likeness (QED) is 0.463. The van der Waals surface area contributed by atoms with E-state index in [1.807, 2.05) is 0 Å². The second kappa shape index (κ2) is 5.09. The summed E-state index contributed by atoms with van der Waals surface area (Å²) >= 11 is 0. The van der Waals surface area contributed by atoms with Gasteiger partial charge in [-0.15, -0.1) is 0 Å². The zero-order chi connectivity index (χ0) is 11.4. The molecule has 0 aliphatic carbocycles. The Morgan fingerprint density at radius 2 is 1.64 bits per heavy atom. The summed E-state index contributed by atoms with van der Waals surface area (Å²) in [5.41, 5.74) is -1.42.